The third-order valence-corrected chi connectivity index (χ3v) is 2.37. The first-order chi connectivity index (χ1) is 7.22. The molecular weight excluding hydrogens is 188 g/mol. The summed E-state index contributed by atoms with van der Waals surface area (Å²) < 4.78 is 0. The van der Waals surface area contributed by atoms with E-state index >= 15 is 0 Å². The third-order valence-electron chi connectivity index (χ3n) is 2.37. The highest BCUT2D eigenvalue weighted by Crippen LogP contribution is 2.06. The van der Waals surface area contributed by atoms with Gasteiger partial charge in [0, 0.05) is 0 Å². The molecular formula is C13H24O2. The fourth-order valence-corrected chi connectivity index (χ4v) is 1.35. The first kappa shape index (κ1) is 14.4. The van der Waals surface area contributed by atoms with E-state index in [-0.39, 0.29) is 0 Å². The molecule has 0 aliphatic carbocycles. The molecule has 0 amide bonds. The quantitative estimate of drug-likeness (QED) is 0.456. The summed E-state index contributed by atoms with van der Waals surface area (Å²) >= 11 is 0. The topological polar surface area (TPSA) is 40.5 Å². The highest BCUT2D eigenvalue weighted by atomic mass is 16.3. The normalized spacial score (nSPS) is 15.4. The van der Waals surface area contributed by atoms with Crippen LogP contribution in [0.5, 0.6) is 0 Å². The average Bonchev–Trinajstić information content (AvgIpc) is 2.23. The van der Waals surface area contributed by atoms with Crippen molar-refractivity contribution in [2.24, 2.45) is 0 Å². The highest BCUT2D eigenvalue weighted by Gasteiger charge is 2.12. The minimum atomic E-state index is -0.678. The molecule has 0 aliphatic heterocycles. The Morgan fingerprint density at radius 1 is 1.07 bits per heavy atom. The number of allylic oxidation sites excluding steroid dienone is 1. The molecule has 0 rings (SSSR count). The Hall–Kier alpha value is -0.600. The Bertz CT molecular complexity index is 175. The van der Waals surface area contributed by atoms with Gasteiger partial charge in [-0.25, -0.2) is 0 Å². The number of aliphatic hydroxyl groups excluding tert-OH is 2. The molecule has 0 saturated heterocycles. The smallest absolute Gasteiger partial charge is 0.0836 e. The van der Waals surface area contributed by atoms with Crippen molar-refractivity contribution < 1.29 is 10.2 Å². The lowest BCUT2D eigenvalue weighted by molar-refractivity contribution is 0.0238. The minimum absolute atomic E-state index is 0.449. The fraction of sp³-hybridized carbons (Fsp3) is 0.692. The summed E-state index contributed by atoms with van der Waals surface area (Å²) in [4.78, 5) is 0. The van der Waals surface area contributed by atoms with Crippen LogP contribution in [-0.2, 0) is 0 Å². The summed E-state index contributed by atoms with van der Waals surface area (Å²) in [5, 5.41) is 18.9. The molecule has 0 spiro atoms. The van der Waals surface area contributed by atoms with Crippen LogP contribution in [0.1, 0.15) is 45.4 Å². The van der Waals surface area contributed by atoms with E-state index in [1.165, 1.54) is 19.3 Å². The van der Waals surface area contributed by atoms with Crippen LogP contribution in [0.3, 0.4) is 0 Å². The summed E-state index contributed by atoms with van der Waals surface area (Å²) in [5.74, 6) is 0. The molecule has 0 saturated carbocycles. The van der Waals surface area contributed by atoms with Crippen LogP contribution in [-0.4, -0.2) is 22.4 Å². The predicted molar refractivity (Wildman–Crippen MR) is 64.7 cm³/mol. The van der Waals surface area contributed by atoms with E-state index in [1.807, 2.05) is 6.08 Å². The standard InChI is InChI=1S/C13H24O2/c1-3-5-6-7-8-9-11-13(15)12(14)10-4-2/h4,8-9,12-15H,2-3,5-7,10-11H2,1H3/b9-8+/t12-,13-/m1/s1. The second-order valence-electron chi connectivity index (χ2n) is 3.86. The minimum Gasteiger partial charge on any atom is -0.390 e. The van der Waals surface area contributed by atoms with Gasteiger partial charge in [-0.15, -0.1) is 6.58 Å². The Morgan fingerprint density at radius 2 is 1.73 bits per heavy atom. The Balaban J connectivity index is 3.51. The van der Waals surface area contributed by atoms with Crippen molar-refractivity contribution in [1.82, 2.24) is 0 Å². The molecule has 0 aromatic heterocycles. The lowest BCUT2D eigenvalue weighted by atomic mass is 10.1. The molecule has 15 heavy (non-hydrogen) atoms. The van der Waals surface area contributed by atoms with Gasteiger partial charge >= 0.3 is 0 Å². The lowest BCUT2D eigenvalue weighted by Crippen LogP contribution is -2.24. The van der Waals surface area contributed by atoms with Gasteiger partial charge in [0.05, 0.1) is 12.2 Å². The zero-order valence-corrected chi connectivity index (χ0v) is 9.73. The zero-order chi connectivity index (χ0) is 11.5. The van der Waals surface area contributed by atoms with Crippen LogP contribution < -0.4 is 0 Å². The number of hydrogen-bond donors (Lipinski definition) is 2. The number of rotatable bonds is 9. The monoisotopic (exact) mass is 212 g/mol. The summed E-state index contributed by atoms with van der Waals surface area (Å²) in [6.45, 7) is 5.70. The molecule has 2 heteroatoms. The molecule has 2 N–H and O–H groups in total. The van der Waals surface area contributed by atoms with Crippen molar-refractivity contribution in [3.63, 3.8) is 0 Å². The molecule has 0 unspecified atom stereocenters. The van der Waals surface area contributed by atoms with Crippen LogP contribution in [0.15, 0.2) is 24.8 Å². The fourth-order valence-electron chi connectivity index (χ4n) is 1.35. The first-order valence-electron chi connectivity index (χ1n) is 5.84. The van der Waals surface area contributed by atoms with E-state index < -0.39 is 12.2 Å². The second-order valence-corrected chi connectivity index (χ2v) is 3.86. The molecule has 2 atom stereocenters. The number of unbranched alkanes of at least 4 members (excludes halogenated alkanes) is 3. The highest BCUT2D eigenvalue weighted by molar-refractivity contribution is 4.87. The summed E-state index contributed by atoms with van der Waals surface area (Å²) in [7, 11) is 0. The van der Waals surface area contributed by atoms with Crippen molar-refractivity contribution in [3.05, 3.63) is 24.8 Å². The SMILES string of the molecule is C=CC[C@@H](O)[C@H](O)C/C=C/CCCCC. The van der Waals surface area contributed by atoms with E-state index in [0.717, 1.165) is 6.42 Å². The van der Waals surface area contributed by atoms with Crippen LogP contribution in [0, 0.1) is 0 Å². The van der Waals surface area contributed by atoms with Crippen molar-refractivity contribution in [3.8, 4) is 0 Å². The van der Waals surface area contributed by atoms with Gasteiger partial charge in [-0.2, -0.15) is 0 Å². The van der Waals surface area contributed by atoms with Gasteiger partial charge in [0.15, 0.2) is 0 Å². The van der Waals surface area contributed by atoms with E-state index in [0.29, 0.717) is 12.8 Å². The van der Waals surface area contributed by atoms with Crippen LogP contribution in [0.25, 0.3) is 0 Å². The maximum absolute atomic E-state index is 9.50. The van der Waals surface area contributed by atoms with Crippen molar-refractivity contribution >= 4 is 0 Å². The van der Waals surface area contributed by atoms with E-state index in [4.69, 9.17) is 0 Å². The lowest BCUT2D eigenvalue weighted by Gasteiger charge is -2.13. The summed E-state index contributed by atoms with van der Waals surface area (Å²) in [6.07, 6.45) is 10.1. The van der Waals surface area contributed by atoms with Gasteiger partial charge < -0.3 is 10.2 Å². The maximum atomic E-state index is 9.50. The molecule has 88 valence electrons. The van der Waals surface area contributed by atoms with Crippen LogP contribution in [0.4, 0.5) is 0 Å². The molecule has 0 fully saturated rings. The van der Waals surface area contributed by atoms with Crippen LogP contribution in [0.2, 0.25) is 0 Å². The van der Waals surface area contributed by atoms with Gasteiger partial charge in [0.25, 0.3) is 0 Å². The predicted octanol–water partition coefficient (Wildman–Crippen LogP) is 2.81. The van der Waals surface area contributed by atoms with Crippen molar-refractivity contribution in [1.29, 1.82) is 0 Å². The Morgan fingerprint density at radius 3 is 2.33 bits per heavy atom. The van der Waals surface area contributed by atoms with Gasteiger partial charge in [-0.3, -0.25) is 0 Å². The Labute approximate surface area is 93.3 Å². The van der Waals surface area contributed by atoms with E-state index in [1.54, 1.807) is 6.08 Å². The largest absolute Gasteiger partial charge is 0.390 e. The molecule has 0 aliphatic rings. The molecule has 0 radical (unpaired) electrons. The molecule has 0 heterocycles. The van der Waals surface area contributed by atoms with Gasteiger partial charge in [-0.05, 0) is 25.7 Å². The zero-order valence-electron chi connectivity index (χ0n) is 9.73. The van der Waals surface area contributed by atoms with Gasteiger partial charge in [0.2, 0.25) is 0 Å². The molecule has 0 aromatic rings. The van der Waals surface area contributed by atoms with Crippen molar-refractivity contribution in [2.75, 3.05) is 0 Å². The number of aliphatic hydroxyl groups is 2. The maximum Gasteiger partial charge on any atom is 0.0836 e. The summed E-state index contributed by atoms with van der Waals surface area (Å²) in [5.41, 5.74) is 0. The molecule has 2 nitrogen and oxygen atoms in total. The average molecular weight is 212 g/mol. The Kier molecular flexibility index (Phi) is 9.54. The molecule has 0 bridgehead atoms. The summed E-state index contributed by atoms with van der Waals surface area (Å²) in [6, 6.07) is 0. The van der Waals surface area contributed by atoms with E-state index in [9.17, 15) is 10.2 Å². The molecule has 0 aromatic carbocycles. The second kappa shape index (κ2) is 9.94. The first-order valence-corrected chi connectivity index (χ1v) is 5.84. The van der Waals surface area contributed by atoms with Crippen molar-refractivity contribution in [2.45, 2.75) is 57.7 Å². The number of hydrogen-bond acceptors (Lipinski definition) is 2. The van der Waals surface area contributed by atoms with Gasteiger partial charge in [0.1, 0.15) is 0 Å². The van der Waals surface area contributed by atoms with E-state index in [2.05, 4.69) is 19.6 Å². The van der Waals surface area contributed by atoms with Gasteiger partial charge in [-0.1, -0.05) is 38.0 Å². The van der Waals surface area contributed by atoms with Crippen LogP contribution >= 0.6 is 0 Å². The third kappa shape index (κ3) is 8.40.